The first-order valence-corrected chi connectivity index (χ1v) is 11.0. The van der Waals surface area contributed by atoms with E-state index < -0.39 is 12.1 Å². The van der Waals surface area contributed by atoms with Crippen molar-refractivity contribution in [2.75, 3.05) is 33.3 Å². The van der Waals surface area contributed by atoms with Crippen molar-refractivity contribution in [2.24, 2.45) is 11.8 Å². The van der Waals surface area contributed by atoms with E-state index in [2.05, 4.69) is 26.6 Å². The maximum Gasteiger partial charge on any atom is 0.490 e. The van der Waals surface area contributed by atoms with Crippen LogP contribution in [0.25, 0.3) is 0 Å². The first-order chi connectivity index (χ1) is 14.2. The van der Waals surface area contributed by atoms with Gasteiger partial charge >= 0.3 is 12.1 Å². The molecule has 3 heterocycles. The number of nitrogens with zero attached hydrogens (tertiary/aromatic N) is 2. The lowest BCUT2D eigenvalue weighted by atomic mass is 9.88. The van der Waals surface area contributed by atoms with Gasteiger partial charge in [-0.1, -0.05) is 0 Å². The SMILES string of the molecule is CO[C@H]1CCN(C(=O)Cc2ccsc2)[C@@H]2CN(CC3CC3)C[C@H]12.O=C(O)C(F)(F)F. The van der Waals surface area contributed by atoms with E-state index in [0.717, 1.165) is 37.5 Å². The molecule has 0 unspecified atom stereocenters. The predicted molar refractivity (Wildman–Crippen MR) is 105 cm³/mol. The van der Waals surface area contributed by atoms with E-state index in [9.17, 15) is 18.0 Å². The molecule has 30 heavy (non-hydrogen) atoms. The highest BCUT2D eigenvalue weighted by Crippen LogP contribution is 2.36. The van der Waals surface area contributed by atoms with Crippen LogP contribution in [0.5, 0.6) is 0 Å². The standard InChI is InChI=1S/C18H26N2O2S.C2HF3O2/c1-22-17-4-6-20(18(21)8-14-5-7-23-12-14)16-11-19(10-15(16)17)9-13-2-3-13;3-2(4,5)1(6)7/h5,7,12-13,15-17H,2-4,6,8-11H2,1H3;(H,6,7)/t15-,16+,17-;/m0./s1. The number of fused-ring (bicyclic) bond motifs is 1. The molecule has 0 spiro atoms. The number of piperidine rings is 1. The van der Waals surface area contributed by atoms with E-state index in [1.165, 1.54) is 19.4 Å². The van der Waals surface area contributed by atoms with E-state index >= 15 is 0 Å². The van der Waals surface area contributed by atoms with Gasteiger partial charge in [0.1, 0.15) is 0 Å². The second kappa shape index (κ2) is 9.65. The number of rotatable bonds is 5. The van der Waals surface area contributed by atoms with Crippen molar-refractivity contribution in [2.45, 2.75) is 44.0 Å². The largest absolute Gasteiger partial charge is 0.490 e. The molecule has 0 aromatic carbocycles. The summed E-state index contributed by atoms with van der Waals surface area (Å²) < 4.78 is 37.5. The lowest BCUT2D eigenvalue weighted by molar-refractivity contribution is -0.192. The molecule has 1 aromatic heterocycles. The number of hydrogen-bond acceptors (Lipinski definition) is 5. The zero-order chi connectivity index (χ0) is 21.9. The smallest absolute Gasteiger partial charge is 0.475 e. The Kier molecular flexibility index (Phi) is 7.41. The summed E-state index contributed by atoms with van der Waals surface area (Å²) >= 11 is 1.67. The highest BCUT2D eigenvalue weighted by molar-refractivity contribution is 7.08. The van der Waals surface area contributed by atoms with Crippen molar-refractivity contribution in [3.8, 4) is 0 Å². The lowest BCUT2D eigenvalue weighted by Crippen LogP contribution is -2.54. The van der Waals surface area contributed by atoms with Gasteiger partial charge in [0.2, 0.25) is 5.91 Å². The molecule has 4 rings (SSSR count). The number of aliphatic carboxylic acids is 1. The molecule has 3 fully saturated rings. The molecule has 10 heteroatoms. The van der Waals surface area contributed by atoms with Gasteiger partial charge in [0.15, 0.2) is 0 Å². The Morgan fingerprint density at radius 1 is 1.27 bits per heavy atom. The number of halogens is 3. The maximum atomic E-state index is 12.8. The molecular formula is C20H27F3N2O4S. The zero-order valence-corrected chi connectivity index (χ0v) is 17.6. The molecule has 3 aliphatic rings. The van der Waals surface area contributed by atoms with Crippen LogP contribution in [0.4, 0.5) is 13.2 Å². The Morgan fingerprint density at radius 3 is 2.50 bits per heavy atom. The van der Waals surface area contributed by atoms with Gasteiger partial charge < -0.3 is 19.6 Å². The number of alkyl halides is 3. The molecule has 6 nitrogen and oxygen atoms in total. The van der Waals surface area contributed by atoms with Crippen molar-refractivity contribution in [3.05, 3.63) is 22.4 Å². The highest BCUT2D eigenvalue weighted by atomic mass is 32.1. The Labute approximate surface area is 177 Å². The Balaban J connectivity index is 0.000000318. The monoisotopic (exact) mass is 448 g/mol. The minimum Gasteiger partial charge on any atom is -0.475 e. The highest BCUT2D eigenvalue weighted by Gasteiger charge is 2.46. The summed E-state index contributed by atoms with van der Waals surface area (Å²) in [4.78, 5) is 26.4. The number of carbonyl (C=O) groups is 2. The van der Waals surface area contributed by atoms with Crippen LogP contribution in [0.15, 0.2) is 16.8 Å². The quantitative estimate of drug-likeness (QED) is 0.750. The predicted octanol–water partition coefficient (Wildman–Crippen LogP) is 2.88. The molecule has 2 saturated heterocycles. The molecule has 3 atom stereocenters. The summed E-state index contributed by atoms with van der Waals surface area (Å²) in [6.07, 6.45) is -0.466. The molecule has 168 valence electrons. The fourth-order valence-electron chi connectivity index (χ4n) is 4.32. The summed E-state index contributed by atoms with van der Waals surface area (Å²) in [5.74, 6) is -1.07. The van der Waals surface area contributed by atoms with Gasteiger partial charge in [-0.25, -0.2) is 4.79 Å². The molecule has 1 aliphatic carbocycles. The second-order valence-corrected chi connectivity index (χ2v) is 8.93. The van der Waals surface area contributed by atoms with Crippen LogP contribution in [0.3, 0.4) is 0 Å². The number of amides is 1. The summed E-state index contributed by atoms with van der Waals surface area (Å²) in [5.41, 5.74) is 1.15. The molecule has 1 amide bonds. The van der Waals surface area contributed by atoms with Crippen LogP contribution in [-0.4, -0.2) is 78.4 Å². The van der Waals surface area contributed by atoms with Crippen molar-refractivity contribution >= 4 is 23.2 Å². The number of methoxy groups -OCH3 is 1. The number of carbonyl (C=O) groups excluding carboxylic acids is 1. The van der Waals surface area contributed by atoms with Gasteiger partial charge in [-0.2, -0.15) is 24.5 Å². The van der Waals surface area contributed by atoms with Crippen LogP contribution in [0, 0.1) is 11.8 Å². The fraction of sp³-hybridized carbons (Fsp3) is 0.700. The van der Waals surface area contributed by atoms with Crippen molar-refractivity contribution < 1.29 is 32.6 Å². The maximum absolute atomic E-state index is 12.8. The molecular weight excluding hydrogens is 421 g/mol. The fourth-order valence-corrected chi connectivity index (χ4v) is 4.99. The minimum absolute atomic E-state index is 0.293. The average Bonchev–Trinajstić information content (AvgIpc) is 3.15. The van der Waals surface area contributed by atoms with E-state index in [1.54, 1.807) is 11.3 Å². The van der Waals surface area contributed by atoms with Crippen LogP contribution in [0.2, 0.25) is 0 Å². The number of hydrogen-bond donors (Lipinski definition) is 1. The first kappa shape index (κ1) is 23.0. The number of likely N-dealkylation sites (tertiary alicyclic amines) is 2. The number of thiophene rings is 1. The molecule has 0 radical (unpaired) electrons. The third-order valence-corrected chi connectivity index (χ3v) is 6.69. The van der Waals surface area contributed by atoms with E-state index in [-0.39, 0.29) is 0 Å². The molecule has 1 aromatic rings. The van der Waals surface area contributed by atoms with Crippen molar-refractivity contribution in [1.29, 1.82) is 0 Å². The van der Waals surface area contributed by atoms with E-state index in [1.807, 2.05) is 7.11 Å². The number of carboxylic acids is 1. The van der Waals surface area contributed by atoms with Gasteiger partial charge in [-0.15, -0.1) is 0 Å². The normalized spacial score (nSPS) is 26.7. The van der Waals surface area contributed by atoms with Crippen LogP contribution < -0.4 is 0 Å². The van der Waals surface area contributed by atoms with Crippen LogP contribution >= 0.6 is 11.3 Å². The molecule has 1 saturated carbocycles. The van der Waals surface area contributed by atoms with Gasteiger partial charge in [0.05, 0.1) is 18.6 Å². The van der Waals surface area contributed by atoms with Gasteiger partial charge in [-0.3, -0.25) is 4.79 Å². The van der Waals surface area contributed by atoms with Crippen molar-refractivity contribution in [3.63, 3.8) is 0 Å². The Morgan fingerprint density at radius 2 is 1.97 bits per heavy atom. The minimum atomic E-state index is -5.08. The molecule has 0 bridgehead atoms. The summed E-state index contributed by atoms with van der Waals surface area (Å²) in [7, 11) is 1.83. The first-order valence-electron chi connectivity index (χ1n) is 10.0. The Bertz CT molecular complexity index is 724. The summed E-state index contributed by atoms with van der Waals surface area (Å²) in [6.45, 7) is 4.20. The average molecular weight is 449 g/mol. The van der Waals surface area contributed by atoms with Gasteiger partial charge in [-0.05, 0) is 47.6 Å². The van der Waals surface area contributed by atoms with Crippen molar-refractivity contribution in [1.82, 2.24) is 9.80 Å². The summed E-state index contributed by atoms with van der Waals surface area (Å²) in [5, 5.41) is 11.3. The van der Waals surface area contributed by atoms with E-state index in [4.69, 9.17) is 14.6 Å². The number of carboxylic acid groups (broad SMARTS) is 1. The third-order valence-electron chi connectivity index (χ3n) is 5.96. The lowest BCUT2D eigenvalue weighted by Gasteiger charge is -2.41. The van der Waals surface area contributed by atoms with E-state index in [0.29, 0.717) is 30.4 Å². The number of ether oxygens (including phenoxy) is 1. The van der Waals surface area contributed by atoms with Crippen LogP contribution in [0.1, 0.15) is 24.8 Å². The zero-order valence-electron chi connectivity index (χ0n) is 16.8. The molecule has 1 N–H and O–H groups in total. The summed E-state index contributed by atoms with van der Waals surface area (Å²) in [6, 6.07) is 2.41. The van der Waals surface area contributed by atoms with Gasteiger partial charge in [0.25, 0.3) is 0 Å². The third kappa shape index (κ3) is 5.95. The Hall–Kier alpha value is -1.65. The van der Waals surface area contributed by atoms with Gasteiger partial charge in [0, 0.05) is 39.2 Å². The second-order valence-electron chi connectivity index (χ2n) is 8.15. The topological polar surface area (TPSA) is 70.1 Å². The molecule has 2 aliphatic heterocycles. The van der Waals surface area contributed by atoms with Crippen LogP contribution in [-0.2, 0) is 20.7 Å².